The van der Waals surface area contributed by atoms with Gasteiger partial charge >= 0.3 is 0 Å². The number of nitrogens with zero attached hydrogens (tertiary/aromatic N) is 3. The van der Waals surface area contributed by atoms with Crippen LogP contribution in [0.1, 0.15) is 30.2 Å². The molecular weight excluding hydrogens is 328 g/mol. The minimum absolute atomic E-state index is 0.119. The van der Waals surface area contributed by atoms with Crippen LogP contribution in [0.2, 0.25) is 5.02 Å². The van der Waals surface area contributed by atoms with Gasteiger partial charge in [0, 0.05) is 24.2 Å². The maximum Gasteiger partial charge on any atom is 0.272 e. The lowest BCUT2D eigenvalue weighted by atomic mass is 10.2. The molecule has 6 nitrogen and oxygen atoms in total. The number of aryl methyl sites for hydroxylation is 1. The van der Waals surface area contributed by atoms with Crippen LogP contribution in [0.4, 0.5) is 11.5 Å². The van der Waals surface area contributed by atoms with E-state index in [9.17, 15) is 4.79 Å². The summed E-state index contributed by atoms with van der Waals surface area (Å²) in [4.78, 5) is 22.8. The molecular formula is C17H21ClN4O2. The van der Waals surface area contributed by atoms with Crippen molar-refractivity contribution >= 4 is 29.0 Å². The molecule has 0 bridgehead atoms. The lowest BCUT2D eigenvalue weighted by molar-refractivity contribution is 0.0766. The Morgan fingerprint density at radius 2 is 1.96 bits per heavy atom. The van der Waals surface area contributed by atoms with Crippen LogP contribution in [-0.2, 0) is 0 Å². The Morgan fingerprint density at radius 1 is 1.25 bits per heavy atom. The van der Waals surface area contributed by atoms with Crippen molar-refractivity contribution in [2.24, 2.45) is 0 Å². The average Bonchev–Trinajstić information content (AvgIpc) is 2.55. The largest absolute Gasteiger partial charge is 0.495 e. The molecule has 0 aliphatic rings. The Morgan fingerprint density at radius 3 is 2.58 bits per heavy atom. The summed E-state index contributed by atoms with van der Waals surface area (Å²) in [5.41, 5.74) is 1.03. The van der Waals surface area contributed by atoms with E-state index in [0.29, 0.717) is 46.9 Å². The van der Waals surface area contributed by atoms with Crippen molar-refractivity contribution in [2.45, 2.75) is 20.8 Å². The van der Waals surface area contributed by atoms with Crippen molar-refractivity contribution in [1.29, 1.82) is 0 Å². The molecule has 0 aliphatic heterocycles. The summed E-state index contributed by atoms with van der Waals surface area (Å²) in [6, 6.07) is 6.88. The molecule has 0 unspecified atom stereocenters. The van der Waals surface area contributed by atoms with E-state index in [1.54, 1.807) is 43.2 Å². The highest BCUT2D eigenvalue weighted by atomic mass is 35.5. The van der Waals surface area contributed by atoms with E-state index in [4.69, 9.17) is 16.3 Å². The van der Waals surface area contributed by atoms with Crippen LogP contribution in [0.5, 0.6) is 5.75 Å². The topological polar surface area (TPSA) is 67.4 Å². The maximum absolute atomic E-state index is 12.5. The zero-order valence-corrected chi connectivity index (χ0v) is 15.0. The number of hydrogen-bond donors (Lipinski definition) is 1. The highest BCUT2D eigenvalue weighted by Gasteiger charge is 2.16. The van der Waals surface area contributed by atoms with Crippen molar-refractivity contribution in [3.05, 3.63) is 40.8 Å². The lowest BCUT2D eigenvalue weighted by Crippen LogP contribution is -2.31. The molecule has 0 radical (unpaired) electrons. The van der Waals surface area contributed by atoms with Crippen molar-refractivity contribution < 1.29 is 9.53 Å². The van der Waals surface area contributed by atoms with Crippen molar-refractivity contribution in [2.75, 3.05) is 25.5 Å². The zero-order valence-electron chi connectivity index (χ0n) is 14.3. The third kappa shape index (κ3) is 4.14. The summed E-state index contributed by atoms with van der Waals surface area (Å²) >= 11 is 6.04. The first-order valence-corrected chi connectivity index (χ1v) is 8.11. The van der Waals surface area contributed by atoms with Crippen LogP contribution in [0, 0.1) is 6.92 Å². The van der Waals surface area contributed by atoms with Crippen LogP contribution >= 0.6 is 11.6 Å². The fourth-order valence-electron chi connectivity index (χ4n) is 2.33. The molecule has 2 aromatic rings. The fourth-order valence-corrected chi connectivity index (χ4v) is 2.50. The molecule has 0 saturated heterocycles. The van der Waals surface area contributed by atoms with Crippen molar-refractivity contribution in [3.63, 3.8) is 0 Å². The Labute approximate surface area is 146 Å². The fraction of sp³-hybridized carbons (Fsp3) is 0.353. The van der Waals surface area contributed by atoms with Gasteiger partial charge in [0.15, 0.2) is 0 Å². The maximum atomic E-state index is 12.5. The summed E-state index contributed by atoms with van der Waals surface area (Å²) in [5.74, 6) is 1.54. The van der Waals surface area contributed by atoms with Crippen molar-refractivity contribution in [3.8, 4) is 5.75 Å². The smallest absolute Gasteiger partial charge is 0.272 e. The molecule has 7 heteroatoms. The van der Waals surface area contributed by atoms with E-state index < -0.39 is 0 Å². The van der Waals surface area contributed by atoms with Gasteiger partial charge in [-0.2, -0.15) is 0 Å². The highest BCUT2D eigenvalue weighted by molar-refractivity contribution is 6.31. The first-order chi connectivity index (χ1) is 11.5. The normalized spacial score (nSPS) is 10.4. The van der Waals surface area contributed by atoms with E-state index in [2.05, 4.69) is 15.3 Å². The van der Waals surface area contributed by atoms with Crippen LogP contribution in [0.3, 0.4) is 0 Å². The third-order valence-electron chi connectivity index (χ3n) is 3.53. The number of ether oxygens (including phenoxy) is 1. The first kappa shape index (κ1) is 18.0. The van der Waals surface area contributed by atoms with Gasteiger partial charge in [-0.3, -0.25) is 4.79 Å². The molecule has 1 N–H and O–H groups in total. The Kier molecular flexibility index (Phi) is 5.98. The Balaban J connectivity index is 2.35. The number of amides is 1. The Hall–Kier alpha value is -2.34. The van der Waals surface area contributed by atoms with Crippen LogP contribution < -0.4 is 10.1 Å². The SMILES string of the molecule is CCN(CC)C(=O)c1cc(Nc2cc(Cl)ccc2OC)nc(C)n1. The number of methoxy groups -OCH3 is 1. The number of halogens is 1. The number of rotatable bonds is 6. The van der Waals surface area contributed by atoms with E-state index in [-0.39, 0.29) is 5.91 Å². The first-order valence-electron chi connectivity index (χ1n) is 7.74. The molecule has 0 fully saturated rings. The molecule has 1 aromatic carbocycles. The van der Waals surface area contributed by atoms with Gasteiger partial charge in [0.1, 0.15) is 23.1 Å². The predicted molar refractivity (Wildman–Crippen MR) is 95.3 cm³/mol. The molecule has 1 aromatic heterocycles. The monoisotopic (exact) mass is 348 g/mol. The van der Waals surface area contributed by atoms with Crippen LogP contribution in [0.25, 0.3) is 0 Å². The number of benzene rings is 1. The number of aromatic nitrogens is 2. The molecule has 0 spiro atoms. The minimum Gasteiger partial charge on any atom is -0.495 e. The molecule has 128 valence electrons. The molecule has 0 aliphatic carbocycles. The van der Waals surface area contributed by atoms with Crippen molar-refractivity contribution in [1.82, 2.24) is 14.9 Å². The lowest BCUT2D eigenvalue weighted by Gasteiger charge is -2.18. The summed E-state index contributed by atoms with van der Waals surface area (Å²) in [6.45, 7) is 6.88. The third-order valence-corrected chi connectivity index (χ3v) is 3.77. The van der Waals surface area contributed by atoms with E-state index in [1.165, 1.54) is 0 Å². The summed E-state index contributed by atoms with van der Waals surface area (Å²) in [5, 5.41) is 3.72. The quantitative estimate of drug-likeness (QED) is 0.862. The molecule has 0 atom stereocenters. The minimum atomic E-state index is -0.119. The van der Waals surface area contributed by atoms with Crippen LogP contribution in [0.15, 0.2) is 24.3 Å². The standard InChI is InChI=1S/C17H21ClN4O2/c1-5-22(6-2)17(23)14-10-16(20-11(3)19-14)21-13-9-12(18)7-8-15(13)24-4/h7-10H,5-6H2,1-4H3,(H,19,20,21). The van der Waals surface area contributed by atoms with Gasteiger partial charge in [-0.1, -0.05) is 11.6 Å². The molecule has 1 heterocycles. The van der Waals surface area contributed by atoms with Gasteiger partial charge < -0.3 is 15.0 Å². The van der Waals surface area contributed by atoms with E-state index in [1.807, 2.05) is 13.8 Å². The van der Waals surface area contributed by atoms with Gasteiger partial charge in [-0.15, -0.1) is 0 Å². The molecule has 1 amide bonds. The van der Waals surface area contributed by atoms with Gasteiger partial charge in [-0.05, 0) is 39.0 Å². The summed E-state index contributed by atoms with van der Waals surface area (Å²) in [6.07, 6.45) is 0. The van der Waals surface area contributed by atoms with E-state index in [0.717, 1.165) is 0 Å². The number of hydrogen-bond acceptors (Lipinski definition) is 5. The number of carbonyl (C=O) groups excluding carboxylic acids is 1. The summed E-state index contributed by atoms with van der Waals surface area (Å²) in [7, 11) is 1.58. The zero-order chi connectivity index (χ0) is 17.7. The average molecular weight is 349 g/mol. The second kappa shape index (κ2) is 7.97. The number of nitrogens with one attached hydrogen (secondary N) is 1. The van der Waals surface area contributed by atoms with Crippen LogP contribution in [-0.4, -0.2) is 41.0 Å². The van der Waals surface area contributed by atoms with Gasteiger partial charge in [0.25, 0.3) is 5.91 Å². The van der Waals surface area contributed by atoms with Gasteiger partial charge in [-0.25, -0.2) is 9.97 Å². The Bertz CT molecular complexity index is 733. The second-order valence-electron chi connectivity index (χ2n) is 5.13. The summed E-state index contributed by atoms with van der Waals surface area (Å²) < 4.78 is 5.31. The molecule has 2 rings (SSSR count). The molecule has 24 heavy (non-hydrogen) atoms. The molecule has 0 saturated carbocycles. The second-order valence-corrected chi connectivity index (χ2v) is 5.57. The highest BCUT2D eigenvalue weighted by Crippen LogP contribution is 2.30. The van der Waals surface area contributed by atoms with Gasteiger partial charge in [0.05, 0.1) is 12.8 Å². The van der Waals surface area contributed by atoms with E-state index >= 15 is 0 Å². The number of anilines is 2. The van der Waals surface area contributed by atoms with Gasteiger partial charge in [0.2, 0.25) is 0 Å². The number of carbonyl (C=O) groups is 1. The predicted octanol–water partition coefficient (Wildman–Crippen LogP) is 3.67.